The summed E-state index contributed by atoms with van der Waals surface area (Å²) in [7, 11) is 0. The number of nitrogens with one attached hydrogen (secondary N) is 2. The van der Waals surface area contributed by atoms with Gasteiger partial charge in [-0.1, -0.05) is 39.5 Å². The number of ether oxygens (including phenoxy) is 2. The molecule has 0 unspecified atom stereocenters. The van der Waals surface area contributed by atoms with Gasteiger partial charge in [0.25, 0.3) is 0 Å². The first-order valence-corrected chi connectivity index (χ1v) is 12.4. The fourth-order valence-corrected chi connectivity index (χ4v) is 4.44. The Morgan fingerprint density at radius 1 is 1.15 bits per heavy atom. The zero-order valence-corrected chi connectivity index (χ0v) is 20.2. The third-order valence-electron chi connectivity index (χ3n) is 6.28. The molecule has 9 heteroatoms. The minimum absolute atomic E-state index is 0.0203. The van der Waals surface area contributed by atoms with Crippen LogP contribution in [0.2, 0.25) is 0 Å². The molecule has 9 nitrogen and oxygen atoms in total. The molecule has 2 amide bonds. The Bertz CT molecular complexity index is 657. The molecule has 190 valence electrons. The molecule has 1 fully saturated rings. The van der Waals surface area contributed by atoms with E-state index in [0.717, 1.165) is 51.4 Å². The van der Waals surface area contributed by atoms with E-state index in [9.17, 15) is 19.8 Å². The number of amides is 2. The molecule has 33 heavy (non-hydrogen) atoms. The first-order chi connectivity index (χ1) is 15.8. The van der Waals surface area contributed by atoms with Crippen LogP contribution in [-0.2, 0) is 19.1 Å². The maximum atomic E-state index is 12.9. The predicted molar refractivity (Wildman–Crippen MR) is 123 cm³/mol. The van der Waals surface area contributed by atoms with Gasteiger partial charge in [0.2, 0.25) is 11.8 Å². The predicted octanol–water partition coefficient (Wildman–Crippen LogP) is 1.29. The zero-order valence-electron chi connectivity index (χ0n) is 20.2. The van der Waals surface area contributed by atoms with Crippen LogP contribution in [0.3, 0.4) is 0 Å². The Morgan fingerprint density at radius 2 is 1.79 bits per heavy atom. The second-order valence-electron chi connectivity index (χ2n) is 9.16. The highest BCUT2D eigenvalue weighted by molar-refractivity contribution is 5.97. The highest BCUT2D eigenvalue weighted by atomic mass is 16.8. The van der Waals surface area contributed by atoms with Crippen LogP contribution in [-0.4, -0.2) is 76.5 Å². The average molecular weight is 471 g/mol. The van der Waals surface area contributed by atoms with E-state index in [0.29, 0.717) is 5.57 Å². The maximum absolute atomic E-state index is 12.9. The molecule has 0 aromatic rings. The van der Waals surface area contributed by atoms with Gasteiger partial charge in [-0.3, -0.25) is 9.59 Å². The molecular formula is C24H42N2O7. The Labute approximate surface area is 196 Å². The van der Waals surface area contributed by atoms with Crippen molar-refractivity contribution in [3.8, 4) is 0 Å². The highest BCUT2D eigenvalue weighted by Gasteiger charge is 2.50. The van der Waals surface area contributed by atoms with Crippen LogP contribution in [0.5, 0.6) is 0 Å². The first kappa shape index (κ1) is 27.7. The summed E-state index contributed by atoms with van der Waals surface area (Å²) < 4.78 is 12.7. The molecule has 0 saturated carbocycles. The van der Waals surface area contributed by atoms with Crippen molar-refractivity contribution in [1.82, 2.24) is 10.6 Å². The summed E-state index contributed by atoms with van der Waals surface area (Å²) >= 11 is 0. The van der Waals surface area contributed by atoms with Crippen LogP contribution in [0.25, 0.3) is 0 Å². The summed E-state index contributed by atoms with van der Waals surface area (Å²) in [6, 6.07) is -1.18. The molecule has 0 aromatic carbocycles. The zero-order chi connectivity index (χ0) is 24.4. The van der Waals surface area contributed by atoms with E-state index in [-0.39, 0.29) is 19.6 Å². The number of fused-ring (bicyclic) bond motifs is 1. The molecule has 2 rings (SSSR count). The molecular weight excluding hydrogens is 428 g/mol. The lowest BCUT2D eigenvalue weighted by Gasteiger charge is -2.29. The van der Waals surface area contributed by atoms with Gasteiger partial charge in [-0.05, 0) is 25.8 Å². The van der Waals surface area contributed by atoms with Gasteiger partial charge >= 0.3 is 0 Å². The van der Waals surface area contributed by atoms with Crippen LogP contribution in [0.15, 0.2) is 11.6 Å². The number of aliphatic hydroxyl groups excluding tert-OH is 3. The second kappa shape index (κ2) is 13.4. The molecule has 1 saturated heterocycles. The molecule has 5 N–H and O–H groups in total. The lowest BCUT2D eigenvalue weighted by atomic mass is 9.91. The Balaban J connectivity index is 2.12. The summed E-state index contributed by atoms with van der Waals surface area (Å²) in [5, 5.41) is 34.6. The Morgan fingerprint density at radius 3 is 2.33 bits per heavy atom. The number of carbonyl (C=O) groups is 2. The van der Waals surface area contributed by atoms with E-state index in [4.69, 9.17) is 14.6 Å². The van der Waals surface area contributed by atoms with Crippen molar-refractivity contribution in [2.24, 2.45) is 0 Å². The van der Waals surface area contributed by atoms with Gasteiger partial charge in [0.15, 0.2) is 5.79 Å². The molecule has 0 radical (unpaired) electrons. The van der Waals surface area contributed by atoms with Gasteiger partial charge in [0.05, 0.1) is 18.8 Å². The lowest BCUT2D eigenvalue weighted by molar-refractivity contribution is -0.190. The van der Waals surface area contributed by atoms with E-state index < -0.39 is 48.1 Å². The minimum atomic E-state index is -1.18. The largest absolute Gasteiger partial charge is 0.395 e. The lowest BCUT2D eigenvalue weighted by Crippen LogP contribution is -2.53. The normalized spacial score (nSPS) is 25.6. The summed E-state index contributed by atoms with van der Waals surface area (Å²) in [5.41, 5.74) is 0.297. The van der Waals surface area contributed by atoms with Crippen molar-refractivity contribution in [1.29, 1.82) is 0 Å². The SMILES string of the molecule is CCCCCC1(CCCCC)O[C@H]2[C@H](O)CC(C(=O)N[C@@H](C(=O)NCCO)[C@H](C)O)=C[C@H]2O1. The van der Waals surface area contributed by atoms with Crippen molar-refractivity contribution in [2.75, 3.05) is 13.2 Å². The number of hydrogen-bond donors (Lipinski definition) is 5. The third kappa shape index (κ3) is 7.75. The quantitative estimate of drug-likeness (QED) is 0.241. The number of hydrogen-bond acceptors (Lipinski definition) is 7. The Hall–Kier alpha value is -1.52. The average Bonchev–Trinajstić information content (AvgIpc) is 3.15. The van der Waals surface area contributed by atoms with Crippen molar-refractivity contribution >= 4 is 11.8 Å². The van der Waals surface area contributed by atoms with Gasteiger partial charge in [-0.2, -0.15) is 0 Å². The second-order valence-corrected chi connectivity index (χ2v) is 9.16. The molecule has 0 spiro atoms. The van der Waals surface area contributed by atoms with E-state index in [1.54, 1.807) is 6.08 Å². The smallest absolute Gasteiger partial charge is 0.247 e. The van der Waals surface area contributed by atoms with Crippen LogP contribution in [0, 0.1) is 0 Å². The van der Waals surface area contributed by atoms with E-state index in [1.165, 1.54) is 6.92 Å². The van der Waals surface area contributed by atoms with Crippen molar-refractivity contribution < 1.29 is 34.4 Å². The van der Waals surface area contributed by atoms with Crippen LogP contribution < -0.4 is 10.6 Å². The summed E-state index contributed by atoms with van der Waals surface area (Å²) in [4.78, 5) is 25.1. The topological polar surface area (TPSA) is 137 Å². The van der Waals surface area contributed by atoms with Crippen molar-refractivity contribution in [3.05, 3.63) is 11.6 Å². The fraction of sp³-hybridized carbons (Fsp3) is 0.833. The fourth-order valence-electron chi connectivity index (χ4n) is 4.44. The van der Waals surface area contributed by atoms with Crippen LogP contribution in [0.1, 0.15) is 78.6 Å². The molecule has 1 heterocycles. The summed E-state index contributed by atoms with van der Waals surface area (Å²) in [6.07, 6.45) is 6.36. The van der Waals surface area contributed by atoms with Gasteiger partial charge in [-0.15, -0.1) is 0 Å². The van der Waals surface area contributed by atoms with Gasteiger partial charge in [0, 0.05) is 31.4 Å². The van der Waals surface area contributed by atoms with Gasteiger partial charge in [0.1, 0.15) is 18.2 Å². The molecule has 1 aliphatic carbocycles. The van der Waals surface area contributed by atoms with Crippen molar-refractivity contribution in [3.63, 3.8) is 0 Å². The Kier molecular flexibility index (Phi) is 11.2. The van der Waals surface area contributed by atoms with Crippen LogP contribution in [0.4, 0.5) is 0 Å². The number of rotatable bonds is 14. The monoisotopic (exact) mass is 470 g/mol. The molecule has 0 bridgehead atoms. The molecule has 2 aliphatic rings. The van der Waals surface area contributed by atoms with E-state index >= 15 is 0 Å². The number of aliphatic hydroxyl groups is 3. The maximum Gasteiger partial charge on any atom is 0.247 e. The molecule has 5 atom stereocenters. The van der Waals surface area contributed by atoms with Crippen LogP contribution >= 0.6 is 0 Å². The summed E-state index contributed by atoms with van der Waals surface area (Å²) in [5.74, 6) is -1.89. The summed E-state index contributed by atoms with van der Waals surface area (Å²) in [6.45, 7) is 5.46. The van der Waals surface area contributed by atoms with E-state index in [2.05, 4.69) is 24.5 Å². The highest BCUT2D eigenvalue weighted by Crippen LogP contribution is 2.42. The molecule has 1 aliphatic heterocycles. The molecule has 0 aromatic heterocycles. The van der Waals surface area contributed by atoms with Crippen molar-refractivity contribution in [2.45, 2.75) is 115 Å². The number of carbonyl (C=O) groups excluding carboxylic acids is 2. The standard InChI is InChI=1S/C24H42N2O7/c1-4-6-8-10-24(11-9-7-5-2)32-19-15-17(14-18(29)21(19)33-24)22(30)26-20(16(3)28)23(31)25-12-13-27/h15-16,18-21,27-29H,4-14H2,1-3H3,(H,25,31)(H,26,30)/t16-,18+,19+,20+,21-/m0/s1. The van der Waals surface area contributed by atoms with Gasteiger partial charge < -0.3 is 35.4 Å². The minimum Gasteiger partial charge on any atom is -0.395 e. The van der Waals surface area contributed by atoms with Gasteiger partial charge in [-0.25, -0.2) is 0 Å². The number of unbranched alkanes of at least 4 members (excludes halogenated alkanes) is 4. The van der Waals surface area contributed by atoms with E-state index in [1.807, 2.05) is 0 Å². The first-order valence-electron chi connectivity index (χ1n) is 12.4. The third-order valence-corrected chi connectivity index (χ3v) is 6.28.